The molecule has 0 aromatic heterocycles. The maximum Gasteiger partial charge on any atom is 0.530 e. The van der Waals surface area contributed by atoms with E-state index in [2.05, 4.69) is 0 Å². The Kier molecular flexibility index (Phi) is 10.2. The fourth-order valence-corrected chi connectivity index (χ4v) is 4.82. The first-order valence-corrected chi connectivity index (χ1v) is 12.3. The smallest absolute Gasteiger partial charge is 0.460 e. The second-order valence-corrected chi connectivity index (χ2v) is 10.9. The summed E-state index contributed by atoms with van der Waals surface area (Å²) >= 11 is 0. The molecule has 0 aliphatic heterocycles. The number of rotatable bonds is 11. The van der Waals surface area contributed by atoms with E-state index < -0.39 is 19.5 Å². The Labute approximate surface area is 187 Å². The molecule has 1 N–H and O–H groups in total. The molecular formula is C23H39O7P. The molecule has 0 aliphatic rings. The van der Waals surface area contributed by atoms with Gasteiger partial charge in [0.15, 0.2) is 0 Å². The van der Waals surface area contributed by atoms with Gasteiger partial charge in [-0.1, -0.05) is 19.1 Å². The first kappa shape index (κ1) is 27.6. The lowest BCUT2D eigenvalue weighted by Crippen LogP contribution is -2.25. The lowest BCUT2D eigenvalue weighted by Gasteiger charge is -2.26. The molecule has 178 valence electrons. The van der Waals surface area contributed by atoms with E-state index in [1.54, 1.807) is 46.8 Å². The highest BCUT2D eigenvalue weighted by atomic mass is 31.2. The maximum absolute atomic E-state index is 13.3. The van der Waals surface area contributed by atoms with E-state index in [0.29, 0.717) is 23.3 Å². The molecular weight excluding hydrogens is 419 g/mol. The molecule has 31 heavy (non-hydrogen) atoms. The van der Waals surface area contributed by atoms with Gasteiger partial charge in [-0.3, -0.25) is 13.8 Å². The van der Waals surface area contributed by atoms with Crippen LogP contribution in [0.5, 0.6) is 5.75 Å². The highest BCUT2D eigenvalue weighted by Gasteiger charge is 2.34. The third-order valence-corrected chi connectivity index (χ3v) is 5.77. The summed E-state index contributed by atoms with van der Waals surface area (Å²) in [5.41, 5.74) is 0.748. The van der Waals surface area contributed by atoms with Gasteiger partial charge in [-0.15, -0.1) is 0 Å². The van der Waals surface area contributed by atoms with Crippen molar-refractivity contribution in [1.82, 2.24) is 0 Å². The molecule has 0 bridgehead atoms. The predicted octanol–water partition coefficient (Wildman–Crippen LogP) is 5.78. The van der Waals surface area contributed by atoms with Gasteiger partial charge in [0.25, 0.3) is 0 Å². The monoisotopic (exact) mass is 458 g/mol. The second kappa shape index (κ2) is 11.5. The lowest BCUT2D eigenvalue weighted by molar-refractivity contribution is -0.153. The molecule has 2 atom stereocenters. The van der Waals surface area contributed by atoms with Gasteiger partial charge < -0.3 is 14.4 Å². The molecule has 0 fully saturated rings. The van der Waals surface area contributed by atoms with Crippen LogP contribution < -0.4 is 4.52 Å². The van der Waals surface area contributed by atoms with E-state index in [4.69, 9.17) is 18.3 Å². The van der Waals surface area contributed by atoms with E-state index in [-0.39, 0.29) is 30.5 Å². The van der Waals surface area contributed by atoms with Crippen LogP contribution in [0.15, 0.2) is 18.2 Å². The summed E-state index contributed by atoms with van der Waals surface area (Å²) < 4.78 is 35.7. The summed E-state index contributed by atoms with van der Waals surface area (Å²) in [6.07, 6.45) is -0.875. The molecule has 1 aromatic carbocycles. The molecule has 0 radical (unpaired) electrons. The molecule has 0 heterocycles. The van der Waals surface area contributed by atoms with Gasteiger partial charge in [0.2, 0.25) is 0 Å². The number of phosphoric ester groups is 1. The van der Waals surface area contributed by atoms with Gasteiger partial charge >= 0.3 is 13.8 Å². The Morgan fingerprint density at radius 3 is 2.03 bits per heavy atom. The topological polar surface area (TPSA) is 91.3 Å². The number of benzene rings is 1. The van der Waals surface area contributed by atoms with E-state index in [1.807, 2.05) is 33.8 Å². The van der Waals surface area contributed by atoms with Crippen molar-refractivity contribution in [2.45, 2.75) is 105 Å². The number of carbonyl (C=O) groups is 1. The number of hydrogen-bond acceptors (Lipinski definition) is 7. The van der Waals surface area contributed by atoms with Crippen LogP contribution in [0.3, 0.4) is 0 Å². The van der Waals surface area contributed by atoms with Crippen LogP contribution in [0.25, 0.3) is 0 Å². The number of phosphoric acid groups is 1. The minimum Gasteiger partial charge on any atom is -0.460 e. The average Bonchev–Trinajstić information content (AvgIpc) is 2.49. The molecule has 0 amide bonds. The molecule has 0 saturated carbocycles. The summed E-state index contributed by atoms with van der Waals surface area (Å²) in [5.74, 6) is -0.255. The molecule has 7 nitrogen and oxygen atoms in total. The fraction of sp³-hybridized carbons (Fsp3) is 0.696. The molecule has 0 saturated heterocycles. The maximum atomic E-state index is 13.3. The molecule has 8 heteroatoms. The van der Waals surface area contributed by atoms with Crippen molar-refractivity contribution in [1.29, 1.82) is 0 Å². The SMILES string of the molecule is CC(O)CC(C)c1c(CC(=O)OC(C)(C)C)cccc1OP(=O)(OC(C)C)OC(C)C. The van der Waals surface area contributed by atoms with Crippen LogP contribution in [-0.2, 0) is 29.6 Å². The average molecular weight is 459 g/mol. The highest BCUT2D eigenvalue weighted by Crippen LogP contribution is 2.53. The molecule has 0 aliphatic carbocycles. The first-order chi connectivity index (χ1) is 14.1. The summed E-state index contributed by atoms with van der Waals surface area (Å²) in [4.78, 5) is 12.5. The summed E-state index contributed by atoms with van der Waals surface area (Å²) in [6.45, 7) is 16.0. The van der Waals surface area contributed by atoms with E-state index in [1.165, 1.54) is 0 Å². The minimum atomic E-state index is -3.92. The molecule has 1 rings (SSSR count). The Morgan fingerprint density at radius 1 is 1.03 bits per heavy atom. The van der Waals surface area contributed by atoms with Crippen molar-refractivity contribution in [3.8, 4) is 5.75 Å². The van der Waals surface area contributed by atoms with Crippen LogP contribution in [0.1, 0.15) is 85.8 Å². The Bertz CT molecular complexity index is 752. The number of carbonyl (C=O) groups excluding carboxylic acids is 1. The van der Waals surface area contributed by atoms with Gasteiger partial charge in [0, 0.05) is 5.56 Å². The van der Waals surface area contributed by atoms with E-state index >= 15 is 0 Å². The third-order valence-electron chi connectivity index (χ3n) is 3.99. The fourth-order valence-electron chi connectivity index (χ4n) is 3.25. The third kappa shape index (κ3) is 10.2. The van der Waals surface area contributed by atoms with Gasteiger partial charge in [0.1, 0.15) is 11.4 Å². The Morgan fingerprint density at radius 2 is 1.58 bits per heavy atom. The zero-order valence-electron chi connectivity index (χ0n) is 20.3. The van der Waals surface area contributed by atoms with Crippen LogP contribution in [-0.4, -0.2) is 35.0 Å². The van der Waals surface area contributed by atoms with E-state index in [0.717, 1.165) is 0 Å². The van der Waals surface area contributed by atoms with Crippen molar-refractivity contribution in [2.24, 2.45) is 0 Å². The lowest BCUT2D eigenvalue weighted by atomic mass is 9.89. The molecule has 2 unspecified atom stereocenters. The van der Waals surface area contributed by atoms with Gasteiger partial charge in [-0.2, -0.15) is 0 Å². The number of ether oxygens (including phenoxy) is 1. The Hall–Kier alpha value is -1.40. The van der Waals surface area contributed by atoms with Gasteiger partial charge in [0.05, 0.1) is 24.7 Å². The standard InChI is InChI=1S/C23H39O7P/c1-15(2)28-31(26,29-16(3)4)30-20-12-10-11-19(14-21(25)27-23(7,8)9)22(20)17(5)13-18(6)24/h10-12,15-18,24H,13-14H2,1-9H3. The largest absolute Gasteiger partial charge is 0.530 e. The zero-order chi connectivity index (χ0) is 24.0. The quantitative estimate of drug-likeness (QED) is 0.332. The van der Waals surface area contributed by atoms with Crippen LogP contribution in [0.4, 0.5) is 0 Å². The number of hydrogen-bond donors (Lipinski definition) is 1. The van der Waals surface area contributed by atoms with Crippen LogP contribution in [0, 0.1) is 0 Å². The summed E-state index contributed by atoms with van der Waals surface area (Å²) in [6, 6.07) is 5.21. The number of esters is 1. The summed E-state index contributed by atoms with van der Waals surface area (Å²) in [5, 5.41) is 9.93. The number of aliphatic hydroxyl groups excluding tert-OH is 1. The Balaban J connectivity index is 3.40. The van der Waals surface area contributed by atoms with Crippen LogP contribution >= 0.6 is 7.82 Å². The minimum absolute atomic E-state index is 0.0222. The van der Waals surface area contributed by atoms with Gasteiger partial charge in [-0.25, -0.2) is 4.57 Å². The van der Waals surface area contributed by atoms with Crippen molar-refractivity contribution >= 4 is 13.8 Å². The predicted molar refractivity (Wildman–Crippen MR) is 121 cm³/mol. The van der Waals surface area contributed by atoms with Gasteiger partial charge in [-0.05, 0) is 79.4 Å². The molecule has 1 aromatic rings. The van der Waals surface area contributed by atoms with E-state index in [9.17, 15) is 14.5 Å². The van der Waals surface area contributed by atoms with Crippen molar-refractivity contribution < 1.29 is 32.8 Å². The normalized spacial score (nSPS) is 14.6. The number of aliphatic hydroxyl groups is 1. The van der Waals surface area contributed by atoms with Crippen molar-refractivity contribution in [2.75, 3.05) is 0 Å². The van der Waals surface area contributed by atoms with Crippen LogP contribution in [0.2, 0.25) is 0 Å². The van der Waals surface area contributed by atoms with Crippen molar-refractivity contribution in [3.63, 3.8) is 0 Å². The highest BCUT2D eigenvalue weighted by molar-refractivity contribution is 7.49. The first-order valence-electron chi connectivity index (χ1n) is 10.8. The zero-order valence-corrected chi connectivity index (χ0v) is 21.2. The second-order valence-electron chi connectivity index (χ2n) is 9.42. The summed E-state index contributed by atoms with van der Waals surface area (Å²) in [7, 11) is -3.92. The molecule has 0 spiro atoms. The van der Waals surface area contributed by atoms with Crippen molar-refractivity contribution in [3.05, 3.63) is 29.3 Å².